The van der Waals surface area contributed by atoms with Gasteiger partial charge in [-0.25, -0.2) is 0 Å². The van der Waals surface area contributed by atoms with Crippen LogP contribution >= 0.6 is 0 Å². The molecule has 2 aromatic rings. The number of benzene rings is 1. The van der Waals surface area contributed by atoms with Gasteiger partial charge in [0.05, 0.1) is 6.04 Å². The monoisotopic (exact) mass is 387 g/mol. The molecule has 1 aromatic heterocycles. The SMILES string of the molecule is CCNC(=NCCCOCC1CCOCC1)NC(C)c1cc2ccccc2o1. The Balaban J connectivity index is 1.42. The highest BCUT2D eigenvalue weighted by Crippen LogP contribution is 2.23. The first kappa shape index (κ1) is 20.7. The van der Waals surface area contributed by atoms with Gasteiger partial charge in [-0.05, 0) is 51.2 Å². The van der Waals surface area contributed by atoms with Gasteiger partial charge < -0.3 is 24.5 Å². The molecule has 1 fully saturated rings. The van der Waals surface area contributed by atoms with Crippen molar-refractivity contribution in [2.45, 2.75) is 39.2 Å². The van der Waals surface area contributed by atoms with E-state index in [0.29, 0.717) is 5.92 Å². The first-order chi connectivity index (χ1) is 13.8. The van der Waals surface area contributed by atoms with Crippen LogP contribution in [0.5, 0.6) is 0 Å². The second-order valence-electron chi connectivity index (χ2n) is 7.30. The molecule has 1 unspecified atom stereocenters. The van der Waals surface area contributed by atoms with Crippen LogP contribution in [-0.4, -0.2) is 45.5 Å². The normalized spacial score (nSPS) is 17.0. The smallest absolute Gasteiger partial charge is 0.191 e. The summed E-state index contributed by atoms with van der Waals surface area (Å²) in [5, 5.41) is 7.85. The Morgan fingerprint density at radius 1 is 1.29 bits per heavy atom. The van der Waals surface area contributed by atoms with Crippen LogP contribution < -0.4 is 10.6 Å². The van der Waals surface area contributed by atoms with Crippen LogP contribution in [0.2, 0.25) is 0 Å². The number of nitrogens with one attached hydrogen (secondary N) is 2. The van der Waals surface area contributed by atoms with E-state index in [2.05, 4.69) is 41.6 Å². The largest absolute Gasteiger partial charge is 0.459 e. The molecular formula is C22H33N3O3. The predicted molar refractivity (Wildman–Crippen MR) is 113 cm³/mol. The molecule has 2 heterocycles. The molecule has 0 spiro atoms. The van der Waals surface area contributed by atoms with Crippen molar-refractivity contribution < 1.29 is 13.9 Å². The first-order valence-corrected chi connectivity index (χ1v) is 10.4. The van der Waals surface area contributed by atoms with Gasteiger partial charge in [0, 0.05) is 44.9 Å². The topological polar surface area (TPSA) is 68.0 Å². The van der Waals surface area contributed by atoms with E-state index in [0.717, 1.165) is 81.5 Å². The highest BCUT2D eigenvalue weighted by atomic mass is 16.5. The predicted octanol–water partition coefficient (Wildman–Crippen LogP) is 3.88. The van der Waals surface area contributed by atoms with Crippen LogP contribution in [0.3, 0.4) is 0 Å². The highest BCUT2D eigenvalue weighted by molar-refractivity contribution is 5.81. The van der Waals surface area contributed by atoms with E-state index < -0.39 is 0 Å². The number of aliphatic imine (C=N–C) groups is 1. The molecule has 6 heteroatoms. The molecule has 1 aliphatic rings. The maximum absolute atomic E-state index is 5.95. The maximum Gasteiger partial charge on any atom is 0.191 e. The van der Waals surface area contributed by atoms with Crippen LogP contribution in [0.15, 0.2) is 39.7 Å². The summed E-state index contributed by atoms with van der Waals surface area (Å²) >= 11 is 0. The lowest BCUT2D eigenvalue weighted by atomic mass is 10.0. The summed E-state index contributed by atoms with van der Waals surface area (Å²) in [6, 6.07) is 10.2. The van der Waals surface area contributed by atoms with Crippen molar-refractivity contribution in [3.8, 4) is 0 Å². The number of para-hydroxylation sites is 1. The molecular weight excluding hydrogens is 354 g/mol. The number of ether oxygens (including phenoxy) is 2. The van der Waals surface area contributed by atoms with E-state index in [4.69, 9.17) is 13.9 Å². The van der Waals surface area contributed by atoms with Crippen LogP contribution in [0, 0.1) is 5.92 Å². The average Bonchev–Trinajstić information content (AvgIpc) is 3.16. The van der Waals surface area contributed by atoms with Crippen LogP contribution in [0.1, 0.15) is 44.9 Å². The van der Waals surface area contributed by atoms with E-state index in [-0.39, 0.29) is 6.04 Å². The average molecular weight is 388 g/mol. The van der Waals surface area contributed by atoms with Crippen LogP contribution in [0.4, 0.5) is 0 Å². The van der Waals surface area contributed by atoms with Gasteiger partial charge in [-0.3, -0.25) is 4.99 Å². The van der Waals surface area contributed by atoms with Gasteiger partial charge in [-0.2, -0.15) is 0 Å². The quantitative estimate of drug-likeness (QED) is 0.388. The number of hydrogen-bond donors (Lipinski definition) is 2. The van der Waals surface area contributed by atoms with Crippen LogP contribution in [-0.2, 0) is 9.47 Å². The minimum absolute atomic E-state index is 0.0370. The molecule has 0 amide bonds. The van der Waals surface area contributed by atoms with E-state index in [1.807, 2.05) is 18.2 Å². The molecule has 0 aliphatic carbocycles. The molecule has 0 saturated carbocycles. The molecule has 28 heavy (non-hydrogen) atoms. The third-order valence-corrected chi connectivity index (χ3v) is 4.98. The Morgan fingerprint density at radius 3 is 2.89 bits per heavy atom. The molecule has 0 bridgehead atoms. The van der Waals surface area contributed by atoms with Gasteiger partial charge in [-0.15, -0.1) is 0 Å². The molecule has 0 radical (unpaired) electrons. The van der Waals surface area contributed by atoms with Gasteiger partial charge in [-0.1, -0.05) is 18.2 Å². The number of fused-ring (bicyclic) bond motifs is 1. The molecule has 1 atom stereocenters. The zero-order valence-electron chi connectivity index (χ0n) is 17.1. The second kappa shape index (κ2) is 11.1. The summed E-state index contributed by atoms with van der Waals surface area (Å²) in [5.41, 5.74) is 0.912. The molecule has 1 aromatic carbocycles. The highest BCUT2D eigenvalue weighted by Gasteiger charge is 2.14. The van der Waals surface area contributed by atoms with Crippen LogP contribution in [0.25, 0.3) is 11.0 Å². The zero-order chi connectivity index (χ0) is 19.6. The van der Waals surface area contributed by atoms with E-state index in [9.17, 15) is 0 Å². The summed E-state index contributed by atoms with van der Waals surface area (Å²) in [7, 11) is 0. The van der Waals surface area contributed by atoms with Crippen molar-refractivity contribution in [3.05, 3.63) is 36.1 Å². The van der Waals surface area contributed by atoms with Gasteiger partial charge in [0.15, 0.2) is 5.96 Å². The lowest BCUT2D eigenvalue weighted by Gasteiger charge is -2.21. The standard InChI is InChI=1S/C22H33N3O3/c1-3-23-22(24-11-6-12-27-16-18-9-13-26-14-10-18)25-17(2)21-15-19-7-4-5-8-20(19)28-21/h4-5,7-8,15,17-18H,3,6,9-14,16H2,1-2H3,(H2,23,24,25). The molecule has 6 nitrogen and oxygen atoms in total. The fourth-order valence-electron chi connectivity index (χ4n) is 3.33. The maximum atomic E-state index is 5.95. The van der Waals surface area contributed by atoms with Gasteiger partial charge in [0.25, 0.3) is 0 Å². The molecule has 3 rings (SSSR count). The fraction of sp³-hybridized carbons (Fsp3) is 0.591. The molecule has 2 N–H and O–H groups in total. The third kappa shape index (κ3) is 6.24. The summed E-state index contributed by atoms with van der Waals surface area (Å²) < 4.78 is 17.1. The van der Waals surface area contributed by atoms with E-state index >= 15 is 0 Å². The van der Waals surface area contributed by atoms with Gasteiger partial charge in [0.2, 0.25) is 0 Å². The van der Waals surface area contributed by atoms with Crippen molar-refractivity contribution in [1.29, 1.82) is 0 Å². The number of nitrogens with zero attached hydrogens (tertiary/aromatic N) is 1. The summed E-state index contributed by atoms with van der Waals surface area (Å²) in [6.07, 6.45) is 3.15. The Labute approximate surface area is 167 Å². The number of guanidine groups is 1. The Kier molecular flexibility index (Phi) is 8.18. The lowest BCUT2D eigenvalue weighted by Crippen LogP contribution is -2.38. The Hall–Kier alpha value is -2.05. The van der Waals surface area contributed by atoms with Gasteiger partial charge in [0.1, 0.15) is 11.3 Å². The molecule has 154 valence electrons. The summed E-state index contributed by atoms with van der Waals surface area (Å²) in [4.78, 5) is 4.67. The number of rotatable bonds is 9. The lowest BCUT2D eigenvalue weighted by molar-refractivity contribution is 0.0205. The Morgan fingerprint density at radius 2 is 2.11 bits per heavy atom. The zero-order valence-corrected chi connectivity index (χ0v) is 17.1. The number of furan rings is 1. The Bertz CT molecular complexity index is 704. The summed E-state index contributed by atoms with van der Waals surface area (Å²) in [5.74, 6) is 2.37. The van der Waals surface area contributed by atoms with E-state index in [1.165, 1.54) is 0 Å². The fourth-order valence-corrected chi connectivity index (χ4v) is 3.33. The summed E-state index contributed by atoms with van der Waals surface area (Å²) in [6.45, 7) is 9.04. The third-order valence-electron chi connectivity index (χ3n) is 4.98. The number of hydrogen-bond acceptors (Lipinski definition) is 4. The molecule has 1 aliphatic heterocycles. The van der Waals surface area contributed by atoms with Crippen molar-refractivity contribution in [2.24, 2.45) is 10.9 Å². The van der Waals surface area contributed by atoms with Gasteiger partial charge >= 0.3 is 0 Å². The molecule has 1 saturated heterocycles. The first-order valence-electron chi connectivity index (χ1n) is 10.4. The van der Waals surface area contributed by atoms with Crippen molar-refractivity contribution in [2.75, 3.05) is 39.5 Å². The minimum Gasteiger partial charge on any atom is -0.459 e. The minimum atomic E-state index is 0.0370. The van der Waals surface area contributed by atoms with Crippen molar-refractivity contribution >= 4 is 16.9 Å². The second-order valence-corrected chi connectivity index (χ2v) is 7.30. The van der Waals surface area contributed by atoms with Crippen molar-refractivity contribution in [1.82, 2.24) is 10.6 Å². The van der Waals surface area contributed by atoms with Crippen molar-refractivity contribution in [3.63, 3.8) is 0 Å². The van der Waals surface area contributed by atoms with E-state index in [1.54, 1.807) is 0 Å².